The fraction of sp³-hybridized carbons (Fsp3) is 0.545. The molecule has 5 atom stereocenters. The molecular formula is C11H18N5O11P3. The SMILES string of the molecule is Nc1ncnc2c1ncn2[C@H]1CC(O)[C@@H](COP(=O)(O)CP(=O)(O)OP(=O)(O)O)O1. The molecule has 0 amide bonds. The van der Waals surface area contributed by atoms with Crippen molar-refractivity contribution in [3.8, 4) is 0 Å². The van der Waals surface area contributed by atoms with E-state index in [-0.39, 0.29) is 12.2 Å². The molecule has 19 heteroatoms. The maximum Gasteiger partial charge on any atom is 0.476 e. The van der Waals surface area contributed by atoms with Gasteiger partial charge in [0, 0.05) is 6.42 Å². The Morgan fingerprint density at radius 1 is 1.17 bits per heavy atom. The summed E-state index contributed by atoms with van der Waals surface area (Å²) in [5.41, 5.74) is 6.36. The van der Waals surface area contributed by atoms with Gasteiger partial charge in [0.15, 0.2) is 17.4 Å². The lowest BCUT2D eigenvalue weighted by Gasteiger charge is -2.20. The van der Waals surface area contributed by atoms with Gasteiger partial charge in [-0.2, -0.15) is 0 Å². The zero-order valence-corrected chi connectivity index (χ0v) is 17.6. The van der Waals surface area contributed by atoms with Gasteiger partial charge in [0.1, 0.15) is 24.2 Å². The third kappa shape index (κ3) is 5.69. The Hall–Kier alpha value is -1.28. The van der Waals surface area contributed by atoms with Crippen LogP contribution in [0.3, 0.4) is 0 Å². The Morgan fingerprint density at radius 2 is 1.87 bits per heavy atom. The number of nitrogens with zero attached hydrogens (tertiary/aromatic N) is 4. The van der Waals surface area contributed by atoms with Crippen LogP contribution >= 0.6 is 23.0 Å². The van der Waals surface area contributed by atoms with E-state index in [9.17, 15) is 28.6 Å². The molecule has 1 aliphatic heterocycles. The fourth-order valence-electron chi connectivity index (χ4n) is 2.77. The Morgan fingerprint density at radius 3 is 2.53 bits per heavy atom. The van der Waals surface area contributed by atoms with Crippen LogP contribution in [0.25, 0.3) is 11.2 Å². The molecule has 0 saturated carbocycles. The third-order valence-corrected chi connectivity index (χ3v) is 9.22. The van der Waals surface area contributed by atoms with E-state index in [1.54, 1.807) is 0 Å². The number of hydrogen-bond acceptors (Lipinski definition) is 11. The summed E-state index contributed by atoms with van der Waals surface area (Å²) in [5.74, 6) is -1.43. The quantitative estimate of drug-likeness (QED) is 0.256. The molecule has 2 aromatic rings. The van der Waals surface area contributed by atoms with E-state index in [0.717, 1.165) is 0 Å². The number of rotatable bonds is 8. The summed E-state index contributed by atoms with van der Waals surface area (Å²) >= 11 is 0. The van der Waals surface area contributed by atoms with E-state index in [1.807, 2.05) is 0 Å². The highest BCUT2D eigenvalue weighted by atomic mass is 31.3. The van der Waals surface area contributed by atoms with Crippen molar-refractivity contribution in [3.63, 3.8) is 0 Å². The first-order valence-electron chi connectivity index (χ1n) is 8.08. The molecular weight excluding hydrogens is 471 g/mol. The summed E-state index contributed by atoms with van der Waals surface area (Å²) in [6, 6.07) is 0. The minimum atomic E-state index is -5.38. The molecule has 1 saturated heterocycles. The van der Waals surface area contributed by atoms with Crippen LogP contribution in [0.4, 0.5) is 5.82 Å². The highest BCUT2D eigenvalue weighted by molar-refractivity contribution is 7.74. The highest BCUT2D eigenvalue weighted by Gasteiger charge is 2.41. The number of phosphoric acid groups is 1. The number of aromatic nitrogens is 4. The maximum absolute atomic E-state index is 12.0. The molecule has 0 bridgehead atoms. The van der Waals surface area contributed by atoms with Crippen molar-refractivity contribution in [2.24, 2.45) is 0 Å². The van der Waals surface area contributed by atoms with Crippen LogP contribution in [0, 0.1) is 0 Å². The maximum atomic E-state index is 12.0. The van der Waals surface area contributed by atoms with Crippen molar-refractivity contribution in [1.29, 1.82) is 0 Å². The first kappa shape index (κ1) is 23.4. The summed E-state index contributed by atoms with van der Waals surface area (Å²) in [5, 5.41) is 10.2. The number of fused-ring (bicyclic) bond motifs is 1. The van der Waals surface area contributed by atoms with Crippen LogP contribution in [0.15, 0.2) is 12.7 Å². The molecule has 0 radical (unpaired) electrons. The van der Waals surface area contributed by atoms with Crippen LogP contribution in [-0.4, -0.2) is 68.9 Å². The molecule has 168 valence electrons. The first-order valence-corrected chi connectivity index (χ1v) is 13.1. The van der Waals surface area contributed by atoms with Gasteiger partial charge >= 0.3 is 23.0 Å². The van der Waals surface area contributed by atoms with Gasteiger partial charge in [0.25, 0.3) is 0 Å². The molecule has 0 spiro atoms. The minimum absolute atomic E-state index is 0.0406. The smallest absolute Gasteiger partial charge is 0.390 e. The van der Waals surface area contributed by atoms with Gasteiger partial charge in [-0.15, -0.1) is 0 Å². The third-order valence-electron chi connectivity index (χ3n) is 3.93. The zero-order valence-electron chi connectivity index (χ0n) is 14.9. The molecule has 0 aliphatic carbocycles. The largest absolute Gasteiger partial charge is 0.476 e. The molecule has 3 unspecified atom stereocenters. The Labute approximate surface area is 168 Å². The van der Waals surface area contributed by atoms with Gasteiger partial charge in [-0.25, -0.2) is 23.8 Å². The highest BCUT2D eigenvalue weighted by Crippen LogP contribution is 2.64. The van der Waals surface area contributed by atoms with Crippen molar-refractivity contribution >= 4 is 40.0 Å². The summed E-state index contributed by atoms with van der Waals surface area (Å²) in [6.07, 6.45) is -0.385. The topological polar surface area (TPSA) is 250 Å². The number of hydrogen-bond donors (Lipinski definition) is 6. The lowest BCUT2D eigenvalue weighted by molar-refractivity contribution is -0.0395. The van der Waals surface area contributed by atoms with Gasteiger partial charge in [0.05, 0.1) is 19.0 Å². The summed E-state index contributed by atoms with van der Waals surface area (Å²) in [7, 11) is -15.3. The number of aliphatic hydroxyl groups excluding tert-OH is 1. The van der Waals surface area contributed by atoms with Crippen LogP contribution in [-0.2, 0) is 27.3 Å². The summed E-state index contributed by atoms with van der Waals surface area (Å²) < 4.78 is 49.6. The number of nitrogen functional groups attached to an aromatic ring is 1. The van der Waals surface area contributed by atoms with Crippen molar-refractivity contribution in [1.82, 2.24) is 19.5 Å². The Kier molecular flexibility index (Phi) is 6.50. The van der Waals surface area contributed by atoms with Gasteiger partial charge in [0.2, 0.25) is 0 Å². The molecule has 7 N–H and O–H groups in total. The van der Waals surface area contributed by atoms with Crippen molar-refractivity contribution < 1.29 is 51.9 Å². The van der Waals surface area contributed by atoms with Gasteiger partial charge in [-0.1, -0.05) is 0 Å². The van der Waals surface area contributed by atoms with Gasteiger partial charge in [-0.05, 0) is 0 Å². The molecule has 16 nitrogen and oxygen atoms in total. The molecule has 1 fully saturated rings. The second-order valence-corrected chi connectivity index (χ2v) is 11.9. The Balaban J connectivity index is 1.64. The van der Waals surface area contributed by atoms with E-state index in [1.165, 1.54) is 17.2 Å². The average molecular weight is 489 g/mol. The van der Waals surface area contributed by atoms with Gasteiger partial charge in [-0.3, -0.25) is 13.7 Å². The average Bonchev–Trinajstić information content (AvgIpc) is 3.14. The Bertz CT molecular complexity index is 1070. The van der Waals surface area contributed by atoms with E-state index < -0.39 is 54.0 Å². The van der Waals surface area contributed by atoms with Crippen LogP contribution < -0.4 is 5.73 Å². The molecule has 1 aliphatic rings. The molecule has 2 aromatic heterocycles. The van der Waals surface area contributed by atoms with Crippen molar-refractivity contribution in [2.45, 2.75) is 24.9 Å². The van der Waals surface area contributed by atoms with Crippen molar-refractivity contribution in [2.75, 3.05) is 18.2 Å². The normalized spacial score (nSPS) is 26.5. The number of imidazole rings is 1. The molecule has 3 heterocycles. The number of nitrogens with two attached hydrogens (primary N) is 1. The zero-order chi connectivity index (χ0) is 22.3. The number of aliphatic hydroxyl groups is 1. The molecule has 3 rings (SSSR count). The predicted octanol–water partition coefficient (Wildman–Crippen LogP) is -0.489. The fourth-order valence-corrected chi connectivity index (χ4v) is 7.28. The van der Waals surface area contributed by atoms with E-state index in [4.69, 9.17) is 24.8 Å². The van der Waals surface area contributed by atoms with Gasteiger partial charge < -0.3 is 39.7 Å². The second-order valence-electron chi connectivity index (χ2n) is 6.30. The van der Waals surface area contributed by atoms with Crippen LogP contribution in [0.1, 0.15) is 12.6 Å². The summed E-state index contributed by atoms with van der Waals surface area (Å²) in [4.78, 5) is 48.1. The van der Waals surface area contributed by atoms with Crippen LogP contribution in [0.5, 0.6) is 0 Å². The monoisotopic (exact) mass is 489 g/mol. The second kappa shape index (κ2) is 8.34. The van der Waals surface area contributed by atoms with Crippen LogP contribution in [0.2, 0.25) is 0 Å². The molecule has 30 heavy (non-hydrogen) atoms. The van der Waals surface area contributed by atoms with E-state index in [0.29, 0.717) is 11.2 Å². The van der Waals surface area contributed by atoms with Crippen molar-refractivity contribution in [3.05, 3.63) is 12.7 Å². The lowest BCUT2D eigenvalue weighted by Crippen LogP contribution is -2.26. The molecule has 0 aromatic carbocycles. The minimum Gasteiger partial charge on any atom is -0.390 e. The number of anilines is 1. The standard InChI is InChI=1S/C11H18N5O11P3/c12-10-9-11(14-3-13-10)16(4-15-9)8-1-6(17)7(26-8)2-25-28(18,19)5-29(20,21)27-30(22,23)24/h3-4,6-8,17H,1-2,5H2,(H,18,19)(H,20,21)(H2,12,13,14)(H2,22,23,24)/t6?,7-,8-/m1/s1. The predicted molar refractivity (Wildman–Crippen MR) is 97.9 cm³/mol. The van der Waals surface area contributed by atoms with E-state index in [2.05, 4.69) is 19.3 Å². The number of ether oxygens (including phenoxy) is 1. The summed E-state index contributed by atoms with van der Waals surface area (Å²) in [6.45, 7) is -0.662. The first-order chi connectivity index (χ1) is 13.8. The van der Waals surface area contributed by atoms with E-state index >= 15 is 0 Å². The lowest BCUT2D eigenvalue weighted by atomic mass is 10.2.